The van der Waals surface area contributed by atoms with Crippen molar-refractivity contribution in [3.63, 3.8) is 0 Å². The third-order valence-corrected chi connectivity index (χ3v) is 5.46. The quantitative estimate of drug-likeness (QED) is 0.818. The molecule has 0 aromatic carbocycles. The number of ether oxygens (including phenoxy) is 1. The van der Waals surface area contributed by atoms with Crippen molar-refractivity contribution in [2.75, 3.05) is 19.9 Å². The summed E-state index contributed by atoms with van der Waals surface area (Å²) >= 11 is 0. The smallest absolute Gasteiger partial charge is 0.238 e. The summed E-state index contributed by atoms with van der Waals surface area (Å²) < 4.78 is 32.1. The van der Waals surface area contributed by atoms with Crippen molar-refractivity contribution < 1.29 is 17.9 Å². The zero-order valence-corrected chi connectivity index (χ0v) is 14.4. The van der Waals surface area contributed by atoms with Crippen LogP contribution in [0.2, 0.25) is 0 Å². The Labute approximate surface area is 140 Å². The highest BCUT2D eigenvalue weighted by atomic mass is 32.2. The summed E-state index contributed by atoms with van der Waals surface area (Å²) in [6.07, 6.45) is 6.60. The Morgan fingerprint density at radius 3 is 2.96 bits per heavy atom. The highest BCUT2D eigenvalue weighted by molar-refractivity contribution is 7.88. The Balaban J connectivity index is 1.68. The predicted octanol–water partition coefficient (Wildman–Crippen LogP) is -0.000600. The first-order valence-corrected chi connectivity index (χ1v) is 9.42. The molecule has 0 unspecified atom stereocenters. The molecule has 0 radical (unpaired) electrons. The van der Waals surface area contributed by atoms with Crippen molar-refractivity contribution >= 4 is 21.6 Å². The Morgan fingerprint density at radius 2 is 2.25 bits per heavy atom. The number of fused-ring (bicyclic) bond motifs is 1. The minimum absolute atomic E-state index is 0.202. The average molecular weight is 352 g/mol. The molecular weight excluding hydrogens is 332 g/mol. The average Bonchev–Trinajstić information content (AvgIpc) is 3.17. The van der Waals surface area contributed by atoms with E-state index in [9.17, 15) is 13.2 Å². The predicted molar refractivity (Wildman–Crippen MR) is 87.8 cm³/mol. The molecule has 8 nitrogen and oxygen atoms in total. The lowest BCUT2D eigenvalue weighted by molar-refractivity contribution is -0.124. The van der Waals surface area contributed by atoms with Gasteiger partial charge in [0.25, 0.3) is 0 Å². The maximum atomic E-state index is 12.5. The number of carbonyl (C=O) groups is 1. The number of sulfonamides is 1. The van der Waals surface area contributed by atoms with Crippen LogP contribution in [0, 0.1) is 0 Å². The van der Waals surface area contributed by atoms with E-state index in [1.54, 1.807) is 6.20 Å². The largest absolute Gasteiger partial charge is 0.380 e. The Bertz CT molecular complexity index is 848. The van der Waals surface area contributed by atoms with Gasteiger partial charge in [-0.1, -0.05) is 0 Å². The van der Waals surface area contributed by atoms with E-state index in [4.69, 9.17) is 4.74 Å². The molecule has 1 saturated heterocycles. The molecule has 1 fully saturated rings. The van der Waals surface area contributed by atoms with Gasteiger partial charge in [-0.15, -0.1) is 0 Å². The number of carbonyl (C=O) groups excluding carboxylic acids is 1. The Hall–Kier alpha value is -1.97. The maximum Gasteiger partial charge on any atom is 0.238 e. The van der Waals surface area contributed by atoms with Gasteiger partial charge in [0.2, 0.25) is 15.9 Å². The minimum atomic E-state index is -3.46. The molecule has 2 aromatic heterocycles. The van der Waals surface area contributed by atoms with E-state index >= 15 is 0 Å². The molecule has 1 amide bonds. The molecule has 3 heterocycles. The summed E-state index contributed by atoms with van der Waals surface area (Å²) in [5, 5.41) is 2.81. The van der Waals surface area contributed by atoms with Crippen LogP contribution in [0.1, 0.15) is 12.0 Å². The Morgan fingerprint density at radius 1 is 1.46 bits per heavy atom. The summed E-state index contributed by atoms with van der Waals surface area (Å²) in [5.74, 6) is -0.316. The molecule has 3 rings (SSSR count). The lowest BCUT2D eigenvalue weighted by atomic mass is 10.2. The first-order valence-electron chi connectivity index (χ1n) is 7.57. The molecule has 2 aromatic rings. The van der Waals surface area contributed by atoms with E-state index in [1.807, 2.05) is 28.9 Å². The number of amides is 1. The molecule has 0 bridgehead atoms. The molecule has 2 atom stereocenters. The minimum Gasteiger partial charge on any atom is -0.380 e. The van der Waals surface area contributed by atoms with Crippen LogP contribution in [0.25, 0.3) is 5.65 Å². The molecule has 130 valence electrons. The van der Waals surface area contributed by atoms with Crippen LogP contribution in [0.5, 0.6) is 0 Å². The molecule has 1 aliphatic heterocycles. The van der Waals surface area contributed by atoms with Crippen LogP contribution in [0.4, 0.5) is 0 Å². The number of nitrogens with zero attached hydrogens (tertiary/aromatic N) is 3. The first kappa shape index (κ1) is 16.9. The number of pyridine rings is 1. The normalized spacial score (nSPS) is 22.1. The van der Waals surface area contributed by atoms with Gasteiger partial charge >= 0.3 is 0 Å². The van der Waals surface area contributed by atoms with E-state index in [2.05, 4.69) is 10.3 Å². The number of rotatable bonds is 5. The van der Waals surface area contributed by atoms with Crippen molar-refractivity contribution in [3.8, 4) is 0 Å². The second kappa shape index (κ2) is 6.50. The lowest BCUT2D eigenvalue weighted by Crippen LogP contribution is -2.45. The highest BCUT2D eigenvalue weighted by Gasteiger charge is 2.41. The number of methoxy groups -OCH3 is 1. The summed E-state index contributed by atoms with van der Waals surface area (Å²) in [5.41, 5.74) is 1.69. The van der Waals surface area contributed by atoms with E-state index in [0.29, 0.717) is 13.0 Å². The zero-order valence-electron chi connectivity index (χ0n) is 13.5. The standard InChI is InChI=1S/C15H20N4O4S/c1-23-12-8-13(19(10-12)24(2,21)22)15(20)17-9-11-3-5-18-6-4-16-14(18)7-11/h3-7,12-13H,8-10H2,1-2H3,(H,17,20)/t12-,13+/m0/s1. The fraction of sp³-hybridized carbons (Fsp3) is 0.467. The maximum absolute atomic E-state index is 12.5. The summed E-state index contributed by atoms with van der Waals surface area (Å²) in [7, 11) is -1.95. The van der Waals surface area contributed by atoms with Crippen molar-refractivity contribution in [3.05, 3.63) is 36.3 Å². The monoisotopic (exact) mass is 352 g/mol. The van der Waals surface area contributed by atoms with Gasteiger partial charge in [0.05, 0.1) is 12.4 Å². The van der Waals surface area contributed by atoms with Gasteiger partial charge < -0.3 is 14.5 Å². The van der Waals surface area contributed by atoms with E-state index in [1.165, 1.54) is 11.4 Å². The molecule has 0 saturated carbocycles. The number of hydrogen-bond acceptors (Lipinski definition) is 5. The molecular formula is C15H20N4O4S. The summed E-state index contributed by atoms with van der Waals surface area (Å²) in [4.78, 5) is 16.7. The summed E-state index contributed by atoms with van der Waals surface area (Å²) in [6, 6.07) is 3.03. The van der Waals surface area contributed by atoms with Crippen molar-refractivity contribution in [1.29, 1.82) is 0 Å². The van der Waals surface area contributed by atoms with Gasteiger partial charge in [0.1, 0.15) is 11.7 Å². The van der Waals surface area contributed by atoms with Crippen LogP contribution >= 0.6 is 0 Å². The molecule has 0 aliphatic carbocycles. The van der Waals surface area contributed by atoms with E-state index in [0.717, 1.165) is 17.5 Å². The summed E-state index contributed by atoms with van der Waals surface area (Å²) in [6.45, 7) is 0.515. The van der Waals surface area contributed by atoms with Crippen molar-refractivity contribution in [1.82, 2.24) is 19.0 Å². The topological polar surface area (TPSA) is 93.0 Å². The fourth-order valence-electron chi connectivity index (χ4n) is 2.91. The molecule has 9 heteroatoms. The van der Waals surface area contributed by atoms with Gasteiger partial charge in [-0.3, -0.25) is 4.79 Å². The van der Waals surface area contributed by atoms with E-state index in [-0.39, 0.29) is 18.6 Å². The second-order valence-corrected chi connectivity index (χ2v) is 7.82. The number of hydrogen-bond donors (Lipinski definition) is 1. The lowest BCUT2D eigenvalue weighted by Gasteiger charge is -2.21. The third kappa shape index (κ3) is 3.42. The fourth-order valence-corrected chi connectivity index (χ4v) is 3.99. The molecule has 1 N–H and O–H groups in total. The third-order valence-electron chi connectivity index (χ3n) is 4.21. The molecule has 24 heavy (non-hydrogen) atoms. The zero-order chi connectivity index (χ0) is 17.3. The first-order chi connectivity index (χ1) is 11.4. The van der Waals surface area contributed by atoms with E-state index < -0.39 is 16.1 Å². The van der Waals surface area contributed by atoms with Gasteiger partial charge in [-0.05, 0) is 17.7 Å². The second-order valence-electron chi connectivity index (χ2n) is 5.89. The van der Waals surface area contributed by atoms with Crippen LogP contribution in [0.15, 0.2) is 30.7 Å². The van der Waals surface area contributed by atoms with Crippen LogP contribution in [-0.4, -0.2) is 60.1 Å². The molecule has 0 spiro atoms. The van der Waals surface area contributed by atoms with Crippen molar-refractivity contribution in [2.24, 2.45) is 0 Å². The number of aromatic nitrogens is 2. The highest BCUT2D eigenvalue weighted by Crippen LogP contribution is 2.23. The van der Waals surface area contributed by atoms with Gasteiger partial charge in [0, 0.05) is 45.2 Å². The number of imidazole rings is 1. The van der Waals surface area contributed by atoms with Gasteiger partial charge in [-0.25, -0.2) is 13.4 Å². The van der Waals surface area contributed by atoms with Gasteiger partial charge in [-0.2, -0.15) is 4.31 Å². The van der Waals surface area contributed by atoms with Crippen molar-refractivity contribution in [2.45, 2.75) is 25.1 Å². The van der Waals surface area contributed by atoms with Gasteiger partial charge in [0.15, 0.2) is 0 Å². The SMILES string of the molecule is CO[C@H]1C[C@H](C(=O)NCc2ccn3ccnc3c2)N(S(C)(=O)=O)C1. The van der Waals surface area contributed by atoms with Crippen LogP contribution < -0.4 is 5.32 Å². The number of nitrogens with one attached hydrogen (secondary N) is 1. The van der Waals surface area contributed by atoms with Crippen LogP contribution in [-0.2, 0) is 26.1 Å². The molecule has 1 aliphatic rings. The van der Waals surface area contributed by atoms with Crippen LogP contribution in [0.3, 0.4) is 0 Å². The Kier molecular flexibility index (Phi) is 4.57.